The summed E-state index contributed by atoms with van der Waals surface area (Å²) in [5, 5.41) is 0. The second-order valence-corrected chi connectivity index (χ2v) is 4.84. The summed E-state index contributed by atoms with van der Waals surface area (Å²) in [6.45, 7) is 1.79. The molecule has 8 heteroatoms. The molecule has 0 amide bonds. The van der Waals surface area contributed by atoms with Crippen molar-refractivity contribution < 1.29 is 26.7 Å². The zero-order valence-corrected chi connectivity index (χ0v) is 11.1. The van der Waals surface area contributed by atoms with E-state index >= 15 is 0 Å². The third-order valence-electron chi connectivity index (χ3n) is 3.35. The van der Waals surface area contributed by atoms with E-state index in [9.17, 15) is 22.0 Å². The Balaban J connectivity index is 2.36. The van der Waals surface area contributed by atoms with E-state index in [2.05, 4.69) is 0 Å². The largest absolute Gasteiger partial charge is 0.458 e. The second-order valence-electron chi connectivity index (χ2n) is 4.84. The van der Waals surface area contributed by atoms with Crippen LogP contribution in [0.4, 0.5) is 27.6 Å². The van der Waals surface area contributed by atoms with E-state index in [-0.39, 0.29) is 12.1 Å². The van der Waals surface area contributed by atoms with Crippen molar-refractivity contribution in [1.29, 1.82) is 0 Å². The van der Waals surface area contributed by atoms with Gasteiger partial charge in [0.15, 0.2) is 0 Å². The summed E-state index contributed by atoms with van der Waals surface area (Å²) in [7, 11) is 0. The fraction of sp³-hybridized carbons (Fsp3) is 0.538. The minimum absolute atomic E-state index is 0.0184. The number of ether oxygens (including phenoxy) is 1. The van der Waals surface area contributed by atoms with E-state index in [4.69, 9.17) is 10.5 Å². The highest BCUT2D eigenvalue weighted by Crippen LogP contribution is 2.47. The third-order valence-corrected chi connectivity index (χ3v) is 3.35. The Morgan fingerprint density at radius 1 is 1.10 bits per heavy atom. The Bertz CT molecular complexity index is 498. The van der Waals surface area contributed by atoms with Gasteiger partial charge in [0.05, 0.1) is 18.8 Å². The van der Waals surface area contributed by atoms with Crippen LogP contribution >= 0.6 is 0 Å². The van der Waals surface area contributed by atoms with Gasteiger partial charge in [-0.05, 0) is 11.6 Å². The molecule has 1 aromatic rings. The molecule has 0 radical (unpaired) electrons. The summed E-state index contributed by atoms with van der Waals surface area (Å²) in [4.78, 5) is 1.76. The normalized spacial score (nSPS) is 18.0. The average Bonchev–Trinajstić information content (AvgIpc) is 2.38. The second kappa shape index (κ2) is 5.76. The summed E-state index contributed by atoms with van der Waals surface area (Å²) < 4.78 is 70.4. The van der Waals surface area contributed by atoms with Gasteiger partial charge in [0.25, 0.3) is 0 Å². The van der Waals surface area contributed by atoms with Crippen molar-refractivity contribution in [3.8, 4) is 0 Å². The number of hydrogen-bond acceptors (Lipinski definition) is 3. The highest BCUT2D eigenvalue weighted by Gasteiger charge is 2.60. The zero-order valence-electron chi connectivity index (χ0n) is 11.1. The molecular formula is C13H15F5N2O. The van der Waals surface area contributed by atoms with Crippen molar-refractivity contribution in [1.82, 2.24) is 4.90 Å². The maximum Gasteiger partial charge on any atom is 0.458 e. The van der Waals surface area contributed by atoms with Gasteiger partial charge < -0.3 is 10.5 Å². The molecule has 1 fully saturated rings. The minimum Gasteiger partial charge on any atom is -0.398 e. The maximum atomic E-state index is 13.7. The number of rotatable bonds is 3. The molecule has 0 aliphatic carbocycles. The number of benzene rings is 1. The number of alkyl halides is 5. The Morgan fingerprint density at radius 2 is 1.71 bits per heavy atom. The van der Waals surface area contributed by atoms with Gasteiger partial charge in [-0.25, -0.2) is 0 Å². The van der Waals surface area contributed by atoms with Crippen LogP contribution in [-0.2, 0) is 17.2 Å². The van der Waals surface area contributed by atoms with E-state index in [0.717, 1.165) is 6.07 Å². The molecule has 3 nitrogen and oxygen atoms in total. The Hall–Kier alpha value is -1.41. The van der Waals surface area contributed by atoms with Gasteiger partial charge in [-0.1, -0.05) is 12.1 Å². The molecule has 0 atom stereocenters. The van der Waals surface area contributed by atoms with Gasteiger partial charge in [0, 0.05) is 25.3 Å². The number of hydrogen-bond donors (Lipinski definition) is 1. The summed E-state index contributed by atoms with van der Waals surface area (Å²) in [6.07, 6.45) is -5.68. The molecule has 0 saturated carbocycles. The van der Waals surface area contributed by atoms with Crippen LogP contribution in [0.25, 0.3) is 0 Å². The molecule has 1 saturated heterocycles. The standard InChI is InChI=1S/C13H15F5N2O/c14-12(15,13(16,17)18)11-9(2-1-3-10(11)19)8-20-4-6-21-7-5-20/h1-3H,4-8,19H2. The van der Waals surface area contributed by atoms with Crippen LogP contribution in [-0.4, -0.2) is 37.4 Å². The molecule has 2 N–H and O–H groups in total. The molecule has 1 aromatic carbocycles. The molecule has 118 valence electrons. The van der Waals surface area contributed by atoms with Crippen LogP contribution in [0.15, 0.2) is 18.2 Å². The van der Waals surface area contributed by atoms with Crippen molar-refractivity contribution in [2.24, 2.45) is 0 Å². The fourth-order valence-corrected chi connectivity index (χ4v) is 2.28. The highest BCUT2D eigenvalue weighted by atomic mass is 19.4. The van der Waals surface area contributed by atoms with Crippen LogP contribution in [0.1, 0.15) is 11.1 Å². The van der Waals surface area contributed by atoms with E-state index in [1.54, 1.807) is 4.90 Å². The van der Waals surface area contributed by atoms with Gasteiger partial charge in [0.2, 0.25) is 0 Å². The molecule has 0 unspecified atom stereocenters. The van der Waals surface area contributed by atoms with Crippen molar-refractivity contribution in [2.45, 2.75) is 18.6 Å². The van der Waals surface area contributed by atoms with Gasteiger partial charge in [0.1, 0.15) is 0 Å². The summed E-state index contributed by atoms with van der Waals surface area (Å²) in [5.41, 5.74) is 3.57. The molecule has 0 bridgehead atoms. The van der Waals surface area contributed by atoms with Crippen LogP contribution in [0, 0.1) is 0 Å². The van der Waals surface area contributed by atoms with Crippen LogP contribution < -0.4 is 5.73 Å². The zero-order chi connectivity index (χ0) is 15.7. The third kappa shape index (κ3) is 3.26. The smallest absolute Gasteiger partial charge is 0.398 e. The number of nitrogens with two attached hydrogens (primary N) is 1. The van der Waals surface area contributed by atoms with Crippen LogP contribution in [0.2, 0.25) is 0 Å². The van der Waals surface area contributed by atoms with Gasteiger partial charge in [-0.15, -0.1) is 0 Å². The first-order valence-electron chi connectivity index (χ1n) is 6.36. The lowest BCUT2D eigenvalue weighted by Crippen LogP contribution is -2.38. The quantitative estimate of drug-likeness (QED) is 0.689. The van der Waals surface area contributed by atoms with Gasteiger partial charge >= 0.3 is 12.1 Å². The molecule has 0 aromatic heterocycles. The molecule has 1 heterocycles. The monoisotopic (exact) mass is 310 g/mol. The molecule has 0 spiro atoms. The van der Waals surface area contributed by atoms with Crippen molar-refractivity contribution >= 4 is 5.69 Å². The molecular weight excluding hydrogens is 295 g/mol. The number of nitrogen functional groups attached to an aromatic ring is 1. The van der Waals surface area contributed by atoms with Gasteiger partial charge in [-0.3, -0.25) is 4.90 Å². The maximum absolute atomic E-state index is 13.7. The number of nitrogens with zero attached hydrogens (tertiary/aromatic N) is 1. The Labute approximate surface area is 118 Å². The van der Waals surface area contributed by atoms with Crippen molar-refractivity contribution in [2.75, 3.05) is 32.0 Å². The van der Waals surface area contributed by atoms with E-state index in [0.29, 0.717) is 26.3 Å². The topological polar surface area (TPSA) is 38.5 Å². The predicted octanol–water partition coefficient (Wildman–Crippen LogP) is 2.76. The lowest BCUT2D eigenvalue weighted by atomic mass is 9.98. The van der Waals surface area contributed by atoms with Crippen molar-refractivity contribution in [3.05, 3.63) is 29.3 Å². The number of morpholine rings is 1. The fourth-order valence-electron chi connectivity index (χ4n) is 2.28. The number of anilines is 1. The predicted molar refractivity (Wildman–Crippen MR) is 66.9 cm³/mol. The van der Waals surface area contributed by atoms with E-state index < -0.39 is 23.3 Å². The molecule has 21 heavy (non-hydrogen) atoms. The summed E-state index contributed by atoms with van der Waals surface area (Å²) in [6, 6.07) is 3.68. The first-order valence-corrected chi connectivity index (χ1v) is 6.36. The van der Waals surface area contributed by atoms with Gasteiger partial charge in [-0.2, -0.15) is 22.0 Å². The average molecular weight is 310 g/mol. The van der Waals surface area contributed by atoms with E-state index in [1.165, 1.54) is 12.1 Å². The summed E-state index contributed by atoms with van der Waals surface area (Å²) in [5.74, 6) is -4.97. The molecule has 1 aliphatic rings. The van der Waals surface area contributed by atoms with E-state index in [1.807, 2.05) is 0 Å². The van der Waals surface area contributed by atoms with Crippen LogP contribution in [0.3, 0.4) is 0 Å². The minimum atomic E-state index is -5.68. The summed E-state index contributed by atoms with van der Waals surface area (Å²) >= 11 is 0. The Kier molecular flexibility index (Phi) is 4.38. The van der Waals surface area contributed by atoms with Crippen molar-refractivity contribution in [3.63, 3.8) is 0 Å². The molecule has 1 aliphatic heterocycles. The first kappa shape index (κ1) is 16.0. The number of halogens is 5. The van der Waals surface area contributed by atoms with Crippen LogP contribution in [0.5, 0.6) is 0 Å². The lowest BCUT2D eigenvalue weighted by molar-refractivity contribution is -0.289. The molecule has 2 rings (SSSR count). The Morgan fingerprint density at radius 3 is 2.29 bits per heavy atom. The SMILES string of the molecule is Nc1cccc(CN2CCOCC2)c1C(F)(F)C(F)(F)F. The first-order chi connectivity index (χ1) is 9.73. The highest BCUT2D eigenvalue weighted by molar-refractivity contribution is 5.54. The lowest BCUT2D eigenvalue weighted by Gasteiger charge is -2.29.